The summed E-state index contributed by atoms with van der Waals surface area (Å²) in [6.07, 6.45) is 0.589. The third-order valence-corrected chi connectivity index (χ3v) is 5.58. The molecule has 0 unspecified atom stereocenters. The zero-order valence-electron chi connectivity index (χ0n) is 16.2. The molecule has 0 bridgehead atoms. The Morgan fingerprint density at radius 2 is 2.00 bits per heavy atom. The summed E-state index contributed by atoms with van der Waals surface area (Å²) < 4.78 is 22.1. The van der Waals surface area contributed by atoms with Crippen molar-refractivity contribution in [1.29, 1.82) is 5.26 Å². The maximum Gasteiger partial charge on any atom is 0.343 e. The number of nitrogens with zero attached hydrogens (tertiary/aromatic N) is 1. The predicted molar refractivity (Wildman–Crippen MR) is 108 cm³/mol. The van der Waals surface area contributed by atoms with Crippen molar-refractivity contribution in [3.05, 3.63) is 75.5 Å². The quantitative estimate of drug-likeness (QED) is 0.667. The Labute approximate surface area is 171 Å². The maximum absolute atomic E-state index is 12.9. The van der Waals surface area contributed by atoms with E-state index in [2.05, 4.69) is 6.07 Å². The number of benzene rings is 2. The van der Waals surface area contributed by atoms with Crippen molar-refractivity contribution in [1.82, 2.24) is 0 Å². The molecule has 0 spiro atoms. The van der Waals surface area contributed by atoms with E-state index in [4.69, 9.17) is 24.4 Å². The van der Waals surface area contributed by atoms with Gasteiger partial charge in [-0.15, -0.1) is 0 Å². The number of ether oxygens (including phenoxy) is 3. The van der Waals surface area contributed by atoms with Gasteiger partial charge in [0.1, 0.15) is 11.7 Å². The molecule has 7 nitrogen and oxygen atoms in total. The summed E-state index contributed by atoms with van der Waals surface area (Å²) >= 11 is 0. The SMILES string of the molecule is C[C@H](Cc1ccc2c(c1)OCO2)[C@H]1C(C#N)=C(N)Oc2c1c(=O)oc1ccccc21. The number of fused-ring (bicyclic) bond motifs is 4. The molecule has 2 atom stereocenters. The minimum absolute atomic E-state index is 0.0169. The summed E-state index contributed by atoms with van der Waals surface area (Å²) in [5.74, 6) is 1.09. The second kappa shape index (κ2) is 6.85. The highest BCUT2D eigenvalue weighted by Gasteiger charge is 2.37. The van der Waals surface area contributed by atoms with Gasteiger partial charge < -0.3 is 24.4 Å². The van der Waals surface area contributed by atoms with Gasteiger partial charge in [-0.25, -0.2) is 4.79 Å². The average Bonchev–Trinajstić information content (AvgIpc) is 3.20. The molecule has 5 rings (SSSR count). The molecule has 0 saturated carbocycles. The van der Waals surface area contributed by atoms with Crippen molar-refractivity contribution in [3.63, 3.8) is 0 Å². The van der Waals surface area contributed by atoms with Gasteiger partial charge in [-0.2, -0.15) is 5.26 Å². The molecule has 30 heavy (non-hydrogen) atoms. The topological polar surface area (TPSA) is 108 Å². The molecule has 0 aliphatic carbocycles. The molecule has 0 fully saturated rings. The van der Waals surface area contributed by atoms with Crippen LogP contribution in [0.5, 0.6) is 17.2 Å². The standard InChI is InChI=1S/C23H18N2O5/c1-12(8-13-6-7-17-18(9-13)28-11-27-17)19-15(10-24)22(25)30-21-14-4-2-3-5-16(14)29-23(26)20(19)21/h2-7,9,12,19H,8,11,25H2,1H3/t12-,19+/m1/s1. The number of rotatable bonds is 3. The van der Waals surface area contributed by atoms with E-state index >= 15 is 0 Å². The predicted octanol–water partition coefficient (Wildman–Crippen LogP) is 3.57. The highest BCUT2D eigenvalue weighted by Crippen LogP contribution is 2.44. The first-order valence-electron chi connectivity index (χ1n) is 9.58. The maximum atomic E-state index is 12.9. The summed E-state index contributed by atoms with van der Waals surface area (Å²) in [7, 11) is 0. The van der Waals surface area contributed by atoms with Gasteiger partial charge >= 0.3 is 5.63 Å². The van der Waals surface area contributed by atoms with Gasteiger partial charge in [-0.1, -0.05) is 25.1 Å². The average molecular weight is 402 g/mol. The molecule has 3 heterocycles. The monoisotopic (exact) mass is 402 g/mol. The van der Waals surface area contributed by atoms with Crippen LogP contribution in [0.4, 0.5) is 0 Å². The Morgan fingerprint density at radius 1 is 1.20 bits per heavy atom. The van der Waals surface area contributed by atoms with Crippen LogP contribution in [0.25, 0.3) is 11.0 Å². The number of allylic oxidation sites excluding steroid dienone is 1. The molecule has 1 aromatic heterocycles. The second-order valence-corrected chi connectivity index (χ2v) is 7.47. The van der Waals surface area contributed by atoms with Crippen LogP contribution in [0.15, 0.2) is 63.1 Å². The van der Waals surface area contributed by atoms with Crippen LogP contribution in [0, 0.1) is 17.2 Å². The first kappa shape index (κ1) is 18.1. The Kier molecular flexibility index (Phi) is 4.14. The molecule has 2 N–H and O–H groups in total. The third kappa shape index (κ3) is 2.77. The lowest BCUT2D eigenvalue weighted by Crippen LogP contribution is -2.29. The summed E-state index contributed by atoms with van der Waals surface area (Å²) in [5, 5.41) is 10.4. The lowest BCUT2D eigenvalue weighted by molar-refractivity contribution is 0.174. The van der Waals surface area contributed by atoms with Crippen molar-refractivity contribution < 1.29 is 18.6 Å². The van der Waals surface area contributed by atoms with Crippen LogP contribution in [-0.2, 0) is 6.42 Å². The van der Waals surface area contributed by atoms with E-state index < -0.39 is 11.5 Å². The van der Waals surface area contributed by atoms with E-state index in [9.17, 15) is 10.1 Å². The fourth-order valence-electron chi connectivity index (χ4n) is 4.23. The minimum Gasteiger partial charge on any atom is -0.454 e. The summed E-state index contributed by atoms with van der Waals surface area (Å²) in [6, 6.07) is 15.0. The highest BCUT2D eigenvalue weighted by atomic mass is 16.7. The molecule has 0 saturated heterocycles. The van der Waals surface area contributed by atoms with Crippen molar-refractivity contribution >= 4 is 11.0 Å². The van der Waals surface area contributed by atoms with Gasteiger partial charge in [-0.3, -0.25) is 0 Å². The van der Waals surface area contributed by atoms with Gasteiger partial charge in [0.2, 0.25) is 12.7 Å². The number of hydrogen-bond acceptors (Lipinski definition) is 7. The van der Waals surface area contributed by atoms with Crippen molar-refractivity contribution in [2.24, 2.45) is 11.7 Å². The van der Waals surface area contributed by atoms with Crippen LogP contribution in [0.2, 0.25) is 0 Å². The molecule has 150 valence electrons. The Balaban J connectivity index is 1.61. The third-order valence-electron chi connectivity index (χ3n) is 5.58. The normalized spacial score (nSPS) is 17.9. The van der Waals surface area contributed by atoms with E-state index in [0.29, 0.717) is 40.2 Å². The number of nitrogens with two attached hydrogens (primary N) is 1. The van der Waals surface area contributed by atoms with Crippen LogP contribution in [-0.4, -0.2) is 6.79 Å². The number of nitriles is 1. The van der Waals surface area contributed by atoms with Crippen molar-refractivity contribution in [2.45, 2.75) is 19.3 Å². The molecule has 0 amide bonds. The van der Waals surface area contributed by atoms with Gasteiger partial charge in [-0.05, 0) is 42.2 Å². The zero-order valence-corrected chi connectivity index (χ0v) is 16.2. The zero-order chi connectivity index (χ0) is 20.8. The fraction of sp³-hybridized carbons (Fsp3) is 0.217. The van der Waals surface area contributed by atoms with Crippen LogP contribution < -0.4 is 25.6 Å². The molecule has 0 radical (unpaired) electrons. The van der Waals surface area contributed by atoms with E-state index in [0.717, 1.165) is 5.56 Å². The molecular formula is C23H18N2O5. The number of para-hydroxylation sites is 1. The highest BCUT2D eigenvalue weighted by molar-refractivity contribution is 5.85. The summed E-state index contributed by atoms with van der Waals surface area (Å²) in [4.78, 5) is 12.9. The van der Waals surface area contributed by atoms with Gasteiger partial charge in [0.25, 0.3) is 0 Å². The molecule has 7 heteroatoms. The van der Waals surface area contributed by atoms with Gasteiger partial charge in [0, 0.05) is 5.92 Å². The first-order valence-corrected chi connectivity index (χ1v) is 9.58. The lowest BCUT2D eigenvalue weighted by Gasteiger charge is -2.29. The molecule has 3 aromatic rings. The fourth-order valence-corrected chi connectivity index (χ4v) is 4.23. The van der Waals surface area contributed by atoms with Gasteiger partial charge in [0.05, 0.1) is 16.5 Å². The molecule has 2 aromatic carbocycles. The lowest BCUT2D eigenvalue weighted by atomic mass is 9.78. The van der Waals surface area contributed by atoms with Crippen LogP contribution >= 0.6 is 0 Å². The Hall–Kier alpha value is -3.92. The minimum atomic E-state index is -0.551. The molecule has 2 aliphatic heterocycles. The Morgan fingerprint density at radius 3 is 2.83 bits per heavy atom. The van der Waals surface area contributed by atoms with Crippen LogP contribution in [0.3, 0.4) is 0 Å². The Bertz CT molecular complexity index is 1300. The van der Waals surface area contributed by atoms with Crippen molar-refractivity contribution in [3.8, 4) is 23.3 Å². The molecular weight excluding hydrogens is 384 g/mol. The number of hydrogen-bond donors (Lipinski definition) is 1. The first-order chi connectivity index (χ1) is 14.6. The van der Waals surface area contributed by atoms with E-state index in [1.807, 2.05) is 31.2 Å². The summed E-state index contributed by atoms with van der Waals surface area (Å²) in [5.41, 5.74) is 7.56. The summed E-state index contributed by atoms with van der Waals surface area (Å²) in [6.45, 7) is 2.18. The largest absolute Gasteiger partial charge is 0.454 e. The van der Waals surface area contributed by atoms with E-state index in [1.165, 1.54) is 0 Å². The van der Waals surface area contributed by atoms with E-state index in [1.54, 1.807) is 18.2 Å². The molecule has 2 aliphatic rings. The van der Waals surface area contributed by atoms with E-state index in [-0.39, 0.29) is 24.2 Å². The van der Waals surface area contributed by atoms with Gasteiger partial charge in [0.15, 0.2) is 17.2 Å². The second-order valence-electron chi connectivity index (χ2n) is 7.47. The van der Waals surface area contributed by atoms with Crippen molar-refractivity contribution in [2.75, 3.05) is 6.79 Å². The van der Waals surface area contributed by atoms with Crippen LogP contribution in [0.1, 0.15) is 24.0 Å². The smallest absolute Gasteiger partial charge is 0.343 e.